The molecule has 0 radical (unpaired) electrons. The van der Waals surface area contributed by atoms with Gasteiger partial charge in [-0.15, -0.1) is 0 Å². The fraction of sp³-hybridized carbons (Fsp3) is 0. The average molecular weight is 373 g/mol. The van der Waals surface area contributed by atoms with Crippen molar-refractivity contribution >= 4 is 43.8 Å². The van der Waals surface area contributed by atoms with Crippen molar-refractivity contribution in [1.82, 2.24) is 0 Å². The second kappa shape index (κ2) is 5.63. The van der Waals surface area contributed by atoms with E-state index >= 15 is 0 Å². The number of halogens is 3. The summed E-state index contributed by atoms with van der Waals surface area (Å²) in [5, 5.41) is 9.61. The van der Waals surface area contributed by atoms with Gasteiger partial charge in [-0.3, -0.25) is 4.99 Å². The van der Waals surface area contributed by atoms with Crippen molar-refractivity contribution in [3.63, 3.8) is 0 Å². The number of phenolic OH excluding ortho intramolecular Hbond substituents is 1. The molecule has 0 amide bonds. The van der Waals surface area contributed by atoms with Crippen LogP contribution in [0.2, 0.25) is 0 Å². The molecule has 0 bridgehead atoms. The fourth-order valence-corrected chi connectivity index (χ4v) is 2.07. The largest absolute Gasteiger partial charge is 0.507 e. The predicted octanol–water partition coefficient (Wildman–Crippen LogP) is 4.81. The molecular weight excluding hydrogens is 365 g/mol. The van der Waals surface area contributed by atoms with E-state index in [4.69, 9.17) is 0 Å². The molecule has 5 heteroatoms. The molecule has 0 saturated heterocycles. The van der Waals surface area contributed by atoms with Gasteiger partial charge in [0.25, 0.3) is 0 Å². The molecule has 0 aliphatic rings. The van der Waals surface area contributed by atoms with E-state index < -0.39 is 5.82 Å². The Kier molecular flexibility index (Phi) is 4.14. The molecule has 0 aliphatic carbocycles. The third kappa shape index (κ3) is 3.17. The Hall–Kier alpha value is -1.20. The minimum atomic E-state index is -0.421. The van der Waals surface area contributed by atoms with E-state index in [-0.39, 0.29) is 11.4 Å². The van der Waals surface area contributed by atoms with Gasteiger partial charge in [0.2, 0.25) is 0 Å². The number of aliphatic imine (C=N–C) groups is 1. The average Bonchev–Trinajstić information content (AvgIpc) is 2.32. The van der Waals surface area contributed by atoms with Gasteiger partial charge >= 0.3 is 0 Å². The first-order valence-corrected chi connectivity index (χ1v) is 6.62. The molecule has 92 valence electrons. The summed E-state index contributed by atoms with van der Waals surface area (Å²) in [5.74, 6) is -0.324. The highest BCUT2D eigenvalue weighted by molar-refractivity contribution is 9.10. The van der Waals surface area contributed by atoms with E-state index in [0.717, 1.165) is 4.47 Å². The number of rotatable bonds is 2. The van der Waals surface area contributed by atoms with Gasteiger partial charge in [-0.25, -0.2) is 4.39 Å². The van der Waals surface area contributed by atoms with Gasteiger partial charge in [0.15, 0.2) is 0 Å². The van der Waals surface area contributed by atoms with Gasteiger partial charge in [0.05, 0.1) is 5.69 Å². The summed E-state index contributed by atoms with van der Waals surface area (Å²) < 4.78 is 15.0. The van der Waals surface area contributed by atoms with Gasteiger partial charge in [0, 0.05) is 20.7 Å². The number of benzene rings is 2. The minimum absolute atomic E-state index is 0.0967. The molecule has 0 aliphatic heterocycles. The lowest BCUT2D eigenvalue weighted by Gasteiger charge is -2.00. The molecular formula is C13H8Br2FNO. The smallest absolute Gasteiger partial charge is 0.149 e. The second-order valence-corrected chi connectivity index (χ2v) is 5.39. The summed E-state index contributed by atoms with van der Waals surface area (Å²) in [6.45, 7) is 0. The van der Waals surface area contributed by atoms with Crippen LogP contribution in [0.5, 0.6) is 5.75 Å². The van der Waals surface area contributed by atoms with Crippen molar-refractivity contribution in [3.8, 4) is 5.75 Å². The van der Waals surface area contributed by atoms with E-state index in [1.807, 2.05) is 0 Å². The topological polar surface area (TPSA) is 32.6 Å². The Bertz CT molecular complexity index is 614. The predicted molar refractivity (Wildman–Crippen MR) is 77.2 cm³/mol. The lowest BCUT2D eigenvalue weighted by Crippen LogP contribution is -1.83. The number of hydrogen-bond acceptors (Lipinski definition) is 2. The molecule has 0 atom stereocenters. The molecule has 0 fully saturated rings. The summed E-state index contributed by atoms with van der Waals surface area (Å²) in [6, 6.07) is 9.57. The van der Waals surface area contributed by atoms with Crippen LogP contribution < -0.4 is 0 Å². The Morgan fingerprint density at radius 3 is 2.44 bits per heavy atom. The van der Waals surface area contributed by atoms with Crippen LogP contribution in [0.4, 0.5) is 10.1 Å². The van der Waals surface area contributed by atoms with E-state index in [1.54, 1.807) is 30.3 Å². The quantitative estimate of drug-likeness (QED) is 0.754. The SMILES string of the molecule is Oc1ccc(Br)cc1C=Nc1ccc(Br)cc1F. The number of aromatic hydroxyl groups is 1. The number of nitrogens with zero attached hydrogens (tertiary/aromatic N) is 1. The first-order valence-electron chi connectivity index (χ1n) is 5.04. The molecule has 2 nitrogen and oxygen atoms in total. The van der Waals surface area contributed by atoms with Crippen LogP contribution in [0.1, 0.15) is 5.56 Å². The van der Waals surface area contributed by atoms with E-state index in [0.29, 0.717) is 10.0 Å². The highest BCUT2D eigenvalue weighted by atomic mass is 79.9. The Morgan fingerprint density at radius 2 is 1.72 bits per heavy atom. The summed E-state index contributed by atoms with van der Waals surface area (Å²) >= 11 is 6.47. The summed E-state index contributed by atoms with van der Waals surface area (Å²) in [4.78, 5) is 4.02. The molecule has 0 spiro atoms. The summed E-state index contributed by atoms with van der Waals surface area (Å²) in [6.07, 6.45) is 1.42. The Labute approximate surface area is 120 Å². The standard InChI is InChI=1S/C13H8Br2FNO/c14-9-2-4-13(18)8(5-9)7-17-12-3-1-10(15)6-11(12)16/h1-7,18H. The first kappa shape index (κ1) is 13.2. The highest BCUT2D eigenvalue weighted by Gasteiger charge is 2.02. The van der Waals surface area contributed by atoms with Gasteiger partial charge in [-0.05, 0) is 36.4 Å². The zero-order valence-electron chi connectivity index (χ0n) is 9.07. The van der Waals surface area contributed by atoms with Crippen molar-refractivity contribution in [2.24, 2.45) is 4.99 Å². The van der Waals surface area contributed by atoms with Crippen molar-refractivity contribution in [2.45, 2.75) is 0 Å². The van der Waals surface area contributed by atoms with Gasteiger partial charge in [0.1, 0.15) is 11.6 Å². The first-order chi connectivity index (χ1) is 8.56. The Balaban J connectivity index is 2.32. The normalized spacial score (nSPS) is 11.1. The van der Waals surface area contributed by atoms with Crippen molar-refractivity contribution in [3.05, 3.63) is 56.7 Å². The molecule has 18 heavy (non-hydrogen) atoms. The highest BCUT2D eigenvalue weighted by Crippen LogP contribution is 2.24. The zero-order valence-corrected chi connectivity index (χ0v) is 12.2. The number of hydrogen-bond donors (Lipinski definition) is 1. The second-order valence-electron chi connectivity index (χ2n) is 3.56. The third-order valence-corrected chi connectivity index (χ3v) is 3.23. The molecule has 0 saturated carbocycles. The van der Waals surface area contributed by atoms with E-state index in [9.17, 15) is 9.50 Å². The minimum Gasteiger partial charge on any atom is -0.507 e. The fourth-order valence-electron chi connectivity index (χ4n) is 1.35. The molecule has 0 unspecified atom stereocenters. The van der Waals surface area contributed by atoms with Crippen LogP contribution >= 0.6 is 31.9 Å². The van der Waals surface area contributed by atoms with Crippen molar-refractivity contribution in [1.29, 1.82) is 0 Å². The van der Waals surface area contributed by atoms with Crippen LogP contribution in [0.15, 0.2) is 50.3 Å². The maximum Gasteiger partial charge on any atom is 0.149 e. The number of phenols is 1. The maximum atomic E-state index is 13.5. The lowest BCUT2D eigenvalue weighted by atomic mass is 10.2. The van der Waals surface area contributed by atoms with Gasteiger partial charge in [-0.1, -0.05) is 31.9 Å². The van der Waals surface area contributed by atoms with E-state index in [2.05, 4.69) is 36.9 Å². The Morgan fingerprint density at radius 1 is 1.06 bits per heavy atom. The molecule has 1 N–H and O–H groups in total. The molecule has 0 heterocycles. The van der Waals surface area contributed by atoms with Crippen molar-refractivity contribution in [2.75, 3.05) is 0 Å². The van der Waals surface area contributed by atoms with Gasteiger partial charge in [-0.2, -0.15) is 0 Å². The third-order valence-electron chi connectivity index (χ3n) is 2.24. The van der Waals surface area contributed by atoms with Gasteiger partial charge < -0.3 is 5.11 Å². The van der Waals surface area contributed by atoms with Crippen molar-refractivity contribution < 1.29 is 9.50 Å². The molecule has 0 aromatic heterocycles. The lowest BCUT2D eigenvalue weighted by molar-refractivity contribution is 0.474. The monoisotopic (exact) mass is 371 g/mol. The van der Waals surface area contributed by atoms with Crippen LogP contribution in [0, 0.1) is 5.82 Å². The van der Waals surface area contributed by atoms with Crippen LogP contribution in [-0.2, 0) is 0 Å². The zero-order chi connectivity index (χ0) is 13.1. The maximum absolute atomic E-state index is 13.5. The molecule has 2 aromatic carbocycles. The van der Waals surface area contributed by atoms with Crippen LogP contribution in [-0.4, -0.2) is 11.3 Å². The van der Waals surface area contributed by atoms with Crippen LogP contribution in [0.25, 0.3) is 0 Å². The molecule has 2 rings (SSSR count). The molecule has 2 aromatic rings. The summed E-state index contributed by atoms with van der Waals surface area (Å²) in [7, 11) is 0. The summed E-state index contributed by atoms with van der Waals surface area (Å²) in [5.41, 5.74) is 0.740. The van der Waals surface area contributed by atoms with E-state index in [1.165, 1.54) is 12.3 Å². The van der Waals surface area contributed by atoms with Crippen LogP contribution in [0.3, 0.4) is 0 Å².